The highest BCUT2D eigenvalue weighted by Crippen LogP contribution is 2.35. The van der Waals surface area contributed by atoms with E-state index in [1.54, 1.807) is 0 Å². The van der Waals surface area contributed by atoms with Gasteiger partial charge in [-0.2, -0.15) is 0 Å². The Morgan fingerprint density at radius 1 is 1.19 bits per heavy atom. The van der Waals surface area contributed by atoms with Gasteiger partial charge in [-0.3, -0.25) is 0 Å². The summed E-state index contributed by atoms with van der Waals surface area (Å²) >= 11 is 5.62. The van der Waals surface area contributed by atoms with Gasteiger partial charge in [-0.05, 0) is 0 Å². The fourth-order valence-electron chi connectivity index (χ4n) is 1.21. The quantitative estimate of drug-likeness (QED) is 0.844. The molecule has 0 amide bonds. The molecule has 0 spiro atoms. The molecule has 1 aromatic heterocycles. The zero-order valence-electron chi connectivity index (χ0n) is 7.60. The van der Waals surface area contributed by atoms with E-state index in [1.807, 2.05) is 0 Å². The maximum atomic E-state index is 13.3. The van der Waals surface area contributed by atoms with Crippen LogP contribution in [-0.2, 0) is 0 Å². The second kappa shape index (κ2) is 3.71. The molecule has 84 valence electrons. The molecule has 0 aliphatic rings. The minimum Gasteiger partial charge on any atom is -0.380 e. The molecule has 7 heteroatoms. The van der Waals surface area contributed by atoms with E-state index in [2.05, 4.69) is 9.68 Å². The van der Waals surface area contributed by atoms with Crippen molar-refractivity contribution in [3.05, 3.63) is 34.6 Å². The fraction of sp³-hybridized carbons (Fsp3) is 0. The monoisotopic (exact) mass is 248 g/mol. The molecule has 0 aliphatic carbocycles. The first-order valence-corrected chi connectivity index (χ1v) is 4.44. The topological polar surface area (TPSA) is 52.0 Å². The van der Waals surface area contributed by atoms with Crippen LogP contribution < -0.4 is 5.73 Å². The third-order valence-electron chi connectivity index (χ3n) is 1.89. The summed E-state index contributed by atoms with van der Waals surface area (Å²) in [5, 5.41) is 3.02. The van der Waals surface area contributed by atoms with Crippen LogP contribution in [0.1, 0.15) is 0 Å². The molecule has 0 fully saturated rings. The second-order valence-electron chi connectivity index (χ2n) is 2.96. The number of hydrogen-bond acceptors (Lipinski definition) is 3. The largest absolute Gasteiger partial charge is 0.380 e. The molecule has 2 N–H and O–H groups in total. The summed E-state index contributed by atoms with van der Waals surface area (Å²) in [5.41, 5.74) is 4.65. The van der Waals surface area contributed by atoms with Gasteiger partial charge in [0.2, 0.25) is 0 Å². The van der Waals surface area contributed by atoms with Crippen LogP contribution >= 0.6 is 11.6 Å². The summed E-state index contributed by atoms with van der Waals surface area (Å²) < 4.78 is 43.9. The van der Waals surface area contributed by atoms with Crippen LogP contribution in [0, 0.1) is 17.5 Å². The average Bonchev–Trinajstić information content (AvgIpc) is 2.48. The third kappa shape index (κ3) is 1.61. The van der Waals surface area contributed by atoms with Crippen LogP contribution in [0.4, 0.5) is 19.0 Å². The first kappa shape index (κ1) is 10.8. The van der Waals surface area contributed by atoms with Crippen LogP contribution in [0.3, 0.4) is 0 Å². The first-order chi connectivity index (χ1) is 7.50. The van der Waals surface area contributed by atoms with Gasteiger partial charge in [0.25, 0.3) is 0 Å². The van der Waals surface area contributed by atoms with Crippen LogP contribution in [-0.4, -0.2) is 5.16 Å². The van der Waals surface area contributed by atoms with Crippen molar-refractivity contribution in [2.75, 3.05) is 5.73 Å². The normalized spacial score (nSPS) is 10.8. The van der Waals surface area contributed by atoms with E-state index < -0.39 is 23.0 Å². The van der Waals surface area contributed by atoms with Gasteiger partial charge in [0.15, 0.2) is 11.6 Å². The molecule has 3 nitrogen and oxygen atoms in total. The number of nitrogens with zero attached hydrogens (tertiary/aromatic N) is 1. The Balaban J connectivity index is 2.69. The summed E-state index contributed by atoms with van der Waals surface area (Å²) in [4.78, 5) is 0. The maximum Gasteiger partial charge on any atom is 0.193 e. The zero-order valence-corrected chi connectivity index (χ0v) is 8.36. The first-order valence-electron chi connectivity index (χ1n) is 4.06. The molecule has 0 saturated carbocycles. The van der Waals surface area contributed by atoms with Gasteiger partial charge in [-0.1, -0.05) is 16.8 Å². The molecule has 16 heavy (non-hydrogen) atoms. The van der Waals surface area contributed by atoms with Crippen molar-refractivity contribution in [1.29, 1.82) is 0 Å². The van der Waals surface area contributed by atoms with Crippen molar-refractivity contribution in [2.45, 2.75) is 0 Å². The Morgan fingerprint density at radius 3 is 2.19 bits per heavy atom. The molecular formula is C9H4ClF3N2O. The number of hydrogen-bond donors (Lipinski definition) is 1. The van der Waals surface area contributed by atoms with Crippen LogP contribution in [0.5, 0.6) is 0 Å². The predicted molar refractivity (Wildman–Crippen MR) is 51.2 cm³/mol. The summed E-state index contributed by atoms with van der Waals surface area (Å²) in [6.07, 6.45) is 0. The maximum absolute atomic E-state index is 13.3. The lowest BCUT2D eigenvalue weighted by molar-refractivity contribution is 0.429. The lowest BCUT2D eigenvalue weighted by Crippen LogP contribution is -1.92. The third-order valence-corrected chi connectivity index (χ3v) is 2.26. The number of anilines is 1. The molecular weight excluding hydrogens is 245 g/mol. The Labute approximate surface area is 92.6 Å². The van der Waals surface area contributed by atoms with E-state index in [9.17, 15) is 13.2 Å². The molecule has 1 heterocycles. The summed E-state index contributed by atoms with van der Waals surface area (Å²) in [7, 11) is 0. The lowest BCUT2D eigenvalue weighted by atomic mass is 10.1. The molecule has 0 bridgehead atoms. The van der Waals surface area contributed by atoms with Gasteiger partial charge in [0.1, 0.15) is 22.5 Å². The van der Waals surface area contributed by atoms with Gasteiger partial charge < -0.3 is 10.3 Å². The molecule has 2 rings (SSSR count). The van der Waals surface area contributed by atoms with Crippen molar-refractivity contribution in [2.24, 2.45) is 0 Å². The van der Waals surface area contributed by atoms with E-state index >= 15 is 0 Å². The van der Waals surface area contributed by atoms with E-state index in [-0.39, 0.29) is 16.6 Å². The molecule has 0 unspecified atom stereocenters. The van der Waals surface area contributed by atoms with Crippen molar-refractivity contribution >= 4 is 17.4 Å². The number of rotatable bonds is 1. The molecule has 1 aromatic carbocycles. The van der Waals surface area contributed by atoms with E-state index in [0.29, 0.717) is 12.1 Å². The number of halogens is 4. The van der Waals surface area contributed by atoms with Crippen LogP contribution in [0.2, 0.25) is 5.02 Å². The summed E-state index contributed by atoms with van der Waals surface area (Å²) in [5.74, 6) is -3.89. The van der Waals surface area contributed by atoms with Crippen molar-refractivity contribution < 1.29 is 17.7 Å². The van der Waals surface area contributed by atoms with Crippen molar-refractivity contribution in [3.8, 4) is 11.3 Å². The Kier molecular flexibility index (Phi) is 2.51. The Hall–Kier alpha value is -1.69. The van der Waals surface area contributed by atoms with Crippen LogP contribution in [0.25, 0.3) is 11.3 Å². The summed E-state index contributed by atoms with van der Waals surface area (Å²) in [6.45, 7) is 0. The predicted octanol–water partition coefficient (Wildman–Crippen LogP) is 2.99. The van der Waals surface area contributed by atoms with E-state index in [4.69, 9.17) is 17.3 Å². The molecule has 0 atom stereocenters. The molecule has 0 radical (unpaired) electrons. The van der Waals surface area contributed by atoms with Crippen molar-refractivity contribution in [1.82, 2.24) is 5.16 Å². The number of aromatic nitrogens is 1. The number of benzene rings is 1. The van der Waals surface area contributed by atoms with Gasteiger partial charge in [-0.15, -0.1) is 0 Å². The van der Waals surface area contributed by atoms with Gasteiger partial charge in [-0.25, -0.2) is 13.2 Å². The average molecular weight is 249 g/mol. The van der Waals surface area contributed by atoms with Gasteiger partial charge >= 0.3 is 0 Å². The zero-order chi connectivity index (χ0) is 11.9. The Morgan fingerprint density at radius 2 is 1.75 bits per heavy atom. The minimum atomic E-state index is -1.14. The molecule has 0 saturated heterocycles. The number of nitrogen functional groups attached to an aromatic ring is 1. The van der Waals surface area contributed by atoms with E-state index in [0.717, 1.165) is 0 Å². The van der Waals surface area contributed by atoms with E-state index in [1.165, 1.54) is 0 Å². The Bertz CT molecular complexity index is 533. The standard InChI is InChI=1S/C9H4ClF3N2O/c10-7-8(16-15-9(7)14)6-4(12)1-3(11)2-5(6)13/h1-2H,(H2,14,15). The SMILES string of the molecule is Nc1noc(-c2c(F)cc(F)cc2F)c1Cl. The highest BCUT2D eigenvalue weighted by atomic mass is 35.5. The molecule has 2 aromatic rings. The van der Waals surface area contributed by atoms with Crippen molar-refractivity contribution in [3.63, 3.8) is 0 Å². The summed E-state index contributed by atoms with van der Waals surface area (Å²) in [6, 6.07) is 1.01. The fourth-order valence-corrected chi connectivity index (χ4v) is 1.37. The smallest absolute Gasteiger partial charge is 0.193 e. The lowest BCUT2D eigenvalue weighted by Gasteiger charge is -2.01. The number of nitrogens with two attached hydrogens (primary N) is 1. The highest BCUT2D eigenvalue weighted by molar-refractivity contribution is 6.35. The second-order valence-corrected chi connectivity index (χ2v) is 3.33. The van der Waals surface area contributed by atoms with Gasteiger partial charge in [0, 0.05) is 12.1 Å². The van der Waals surface area contributed by atoms with Crippen LogP contribution in [0.15, 0.2) is 16.7 Å². The van der Waals surface area contributed by atoms with Gasteiger partial charge in [0.05, 0.1) is 5.56 Å². The molecule has 0 aliphatic heterocycles. The minimum absolute atomic E-state index is 0.195. The highest BCUT2D eigenvalue weighted by Gasteiger charge is 2.22.